The van der Waals surface area contributed by atoms with Crippen molar-refractivity contribution in [3.63, 3.8) is 0 Å². The average molecular weight is 328 g/mol. The molecule has 3 aromatic rings. The highest BCUT2D eigenvalue weighted by Crippen LogP contribution is 2.29. The van der Waals surface area contributed by atoms with Crippen molar-refractivity contribution in [3.05, 3.63) is 40.3 Å². The van der Waals surface area contributed by atoms with Gasteiger partial charge in [-0.25, -0.2) is 9.67 Å². The summed E-state index contributed by atoms with van der Waals surface area (Å²) in [6.45, 7) is 7.00. The van der Waals surface area contributed by atoms with Gasteiger partial charge in [0.05, 0.1) is 22.8 Å². The first kappa shape index (κ1) is 15.7. The fourth-order valence-electron chi connectivity index (χ4n) is 2.48. The predicted octanol–water partition coefficient (Wildman–Crippen LogP) is 3.95. The fraction of sp³-hybridized carbons (Fsp3) is 0.353. The summed E-state index contributed by atoms with van der Waals surface area (Å²) in [5, 5.41) is 12.5. The molecule has 0 amide bonds. The number of nitrogens with one attached hydrogen (secondary N) is 1. The van der Waals surface area contributed by atoms with Crippen LogP contribution in [0.2, 0.25) is 0 Å². The van der Waals surface area contributed by atoms with Crippen molar-refractivity contribution in [2.24, 2.45) is 0 Å². The van der Waals surface area contributed by atoms with E-state index in [0.717, 1.165) is 29.7 Å². The number of pyridine rings is 1. The van der Waals surface area contributed by atoms with Gasteiger partial charge in [0.25, 0.3) is 0 Å². The molecule has 3 rings (SSSR count). The molecule has 3 heterocycles. The number of carbonyl (C=O) groups is 1. The number of thiophene rings is 1. The minimum absolute atomic E-state index is 0.00398. The molecule has 5 nitrogen and oxygen atoms in total. The smallest absolute Gasteiger partial charge is 0.197 e. The minimum atomic E-state index is -0.00398. The van der Waals surface area contributed by atoms with Crippen molar-refractivity contribution < 1.29 is 4.79 Å². The molecule has 0 spiro atoms. The van der Waals surface area contributed by atoms with Crippen molar-refractivity contribution in [1.82, 2.24) is 14.8 Å². The molecule has 1 unspecified atom stereocenters. The molecular formula is C17H20N4OS. The second kappa shape index (κ2) is 6.50. The van der Waals surface area contributed by atoms with Crippen LogP contribution in [0, 0.1) is 0 Å². The zero-order valence-electron chi connectivity index (χ0n) is 13.5. The number of carbonyl (C=O) groups excluding carboxylic acids is 1. The fourth-order valence-corrected chi connectivity index (χ4v) is 3.12. The third-order valence-electron chi connectivity index (χ3n) is 4.00. The molecular weight excluding hydrogens is 308 g/mol. The number of ketones is 1. The van der Waals surface area contributed by atoms with Crippen molar-refractivity contribution in [1.29, 1.82) is 0 Å². The first-order valence-corrected chi connectivity index (χ1v) is 8.77. The summed E-state index contributed by atoms with van der Waals surface area (Å²) < 4.78 is 1.84. The van der Waals surface area contributed by atoms with E-state index in [4.69, 9.17) is 0 Å². The number of hydrogen-bond donors (Lipinski definition) is 1. The van der Waals surface area contributed by atoms with E-state index in [1.807, 2.05) is 28.4 Å². The molecule has 0 aliphatic rings. The molecule has 1 N–H and O–H groups in total. The van der Waals surface area contributed by atoms with E-state index in [1.54, 1.807) is 12.4 Å². The van der Waals surface area contributed by atoms with Crippen LogP contribution >= 0.6 is 11.3 Å². The maximum atomic E-state index is 12.8. The van der Waals surface area contributed by atoms with Crippen LogP contribution in [0.3, 0.4) is 0 Å². The van der Waals surface area contributed by atoms with Crippen molar-refractivity contribution in [2.45, 2.75) is 39.8 Å². The van der Waals surface area contributed by atoms with Gasteiger partial charge in [-0.1, -0.05) is 6.92 Å². The van der Waals surface area contributed by atoms with Gasteiger partial charge in [-0.3, -0.25) is 4.79 Å². The SMILES string of the molecule is CCC(C)Nc1c(C(=O)c2ccsc2)cnc2c1cnn2CC. The molecule has 0 saturated carbocycles. The van der Waals surface area contributed by atoms with Crippen LogP contribution in [0.5, 0.6) is 0 Å². The van der Waals surface area contributed by atoms with E-state index in [2.05, 4.69) is 29.2 Å². The first-order chi connectivity index (χ1) is 11.2. The van der Waals surface area contributed by atoms with E-state index in [9.17, 15) is 4.79 Å². The number of aromatic nitrogens is 3. The summed E-state index contributed by atoms with van der Waals surface area (Å²) in [6, 6.07) is 2.11. The van der Waals surface area contributed by atoms with Gasteiger partial charge >= 0.3 is 0 Å². The monoisotopic (exact) mass is 328 g/mol. The van der Waals surface area contributed by atoms with Crippen LogP contribution < -0.4 is 5.32 Å². The topological polar surface area (TPSA) is 59.8 Å². The van der Waals surface area contributed by atoms with Gasteiger partial charge in [0.1, 0.15) is 0 Å². The Morgan fingerprint density at radius 3 is 2.87 bits per heavy atom. The lowest BCUT2D eigenvalue weighted by Gasteiger charge is -2.17. The van der Waals surface area contributed by atoms with E-state index in [-0.39, 0.29) is 11.8 Å². The summed E-state index contributed by atoms with van der Waals surface area (Å²) in [4.78, 5) is 17.3. The zero-order chi connectivity index (χ0) is 16.4. The number of nitrogens with zero attached hydrogens (tertiary/aromatic N) is 3. The number of rotatable bonds is 6. The molecule has 0 aliphatic carbocycles. The molecule has 120 valence electrons. The molecule has 1 atom stereocenters. The van der Waals surface area contributed by atoms with Crippen molar-refractivity contribution >= 4 is 33.8 Å². The third-order valence-corrected chi connectivity index (χ3v) is 4.68. The van der Waals surface area contributed by atoms with Crippen LogP contribution in [0.4, 0.5) is 5.69 Å². The van der Waals surface area contributed by atoms with E-state index < -0.39 is 0 Å². The first-order valence-electron chi connectivity index (χ1n) is 7.83. The number of aryl methyl sites for hydroxylation is 1. The molecule has 0 aromatic carbocycles. The van der Waals surface area contributed by atoms with E-state index in [1.165, 1.54) is 11.3 Å². The average Bonchev–Trinajstić information content (AvgIpc) is 3.23. The highest BCUT2D eigenvalue weighted by atomic mass is 32.1. The quantitative estimate of drug-likeness (QED) is 0.696. The Kier molecular flexibility index (Phi) is 4.43. The largest absolute Gasteiger partial charge is 0.381 e. The van der Waals surface area contributed by atoms with Gasteiger partial charge < -0.3 is 5.32 Å². The van der Waals surface area contributed by atoms with E-state index in [0.29, 0.717) is 11.1 Å². The van der Waals surface area contributed by atoms with Gasteiger partial charge in [0.2, 0.25) is 0 Å². The lowest BCUT2D eigenvalue weighted by Crippen LogP contribution is -2.17. The number of fused-ring (bicyclic) bond motifs is 1. The van der Waals surface area contributed by atoms with E-state index >= 15 is 0 Å². The second-order valence-corrected chi connectivity index (χ2v) is 6.32. The lowest BCUT2D eigenvalue weighted by atomic mass is 10.0. The lowest BCUT2D eigenvalue weighted by molar-refractivity contribution is 0.103. The molecule has 6 heteroatoms. The zero-order valence-corrected chi connectivity index (χ0v) is 14.4. The van der Waals surface area contributed by atoms with Gasteiger partial charge in [-0.15, -0.1) is 0 Å². The molecule has 0 fully saturated rings. The second-order valence-electron chi connectivity index (χ2n) is 5.54. The Bertz CT molecular complexity index is 823. The van der Waals surface area contributed by atoms with Crippen LogP contribution in [-0.4, -0.2) is 26.6 Å². The van der Waals surface area contributed by atoms with Crippen molar-refractivity contribution in [3.8, 4) is 0 Å². The van der Waals surface area contributed by atoms with Gasteiger partial charge in [0.15, 0.2) is 11.4 Å². The molecule has 0 radical (unpaired) electrons. The Morgan fingerprint density at radius 1 is 1.39 bits per heavy atom. The molecule has 3 aromatic heterocycles. The minimum Gasteiger partial charge on any atom is -0.381 e. The number of hydrogen-bond acceptors (Lipinski definition) is 5. The molecule has 0 bridgehead atoms. The predicted molar refractivity (Wildman–Crippen MR) is 94.3 cm³/mol. The third kappa shape index (κ3) is 2.86. The Hall–Kier alpha value is -2.21. The summed E-state index contributed by atoms with van der Waals surface area (Å²) in [6.07, 6.45) is 4.43. The van der Waals surface area contributed by atoms with Crippen LogP contribution in [-0.2, 0) is 6.54 Å². The van der Waals surface area contributed by atoms with Crippen molar-refractivity contribution in [2.75, 3.05) is 5.32 Å². The summed E-state index contributed by atoms with van der Waals surface area (Å²) in [5.74, 6) is -0.00398. The highest BCUT2D eigenvalue weighted by Gasteiger charge is 2.20. The van der Waals surface area contributed by atoms with Crippen LogP contribution in [0.25, 0.3) is 11.0 Å². The van der Waals surface area contributed by atoms with Crippen LogP contribution in [0.1, 0.15) is 43.1 Å². The molecule has 0 aliphatic heterocycles. The maximum absolute atomic E-state index is 12.8. The van der Waals surface area contributed by atoms with Gasteiger partial charge in [-0.2, -0.15) is 16.4 Å². The summed E-state index contributed by atoms with van der Waals surface area (Å²) in [7, 11) is 0. The highest BCUT2D eigenvalue weighted by molar-refractivity contribution is 7.08. The number of anilines is 1. The van der Waals surface area contributed by atoms with Gasteiger partial charge in [0, 0.05) is 29.7 Å². The standard InChI is InChI=1S/C17H20N4OS/c1-4-11(3)20-15-13(16(22)12-6-7-23-10-12)8-18-17-14(15)9-19-21(17)5-2/h6-11H,4-5H2,1-3H3,(H,18,20). The van der Waals surface area contributed by atoms with Crippen LogP contribution in [0.15, 0.2) is 29.2 Å². The van der Waals surface area contributed by atoms with Gasteiger partial charge in [-0.05, 0) is 31.7 Å². The summed E-state index contributed by atoms with van der Waals surface area (Å²) >= 11 is 1.52. The summed E-state index contributed by atoms with van der Waals surface area (Å²) in [5.41, 5.74) is 2.94. The normalized spacial score (nSPS) is 12.5. The molecule has 0 saturated heterocycles. The Morgan fingerprint density at radius 2 is 2.22 bits per heavy atom. The molecule has 23 heavy (non-hydrogen) atoms. The maximum Gasteiger partial charge on any atom is 0.197 e. The Labute approximate surface area is 139 Å². The Balaban J connectivity index is 2.16.